The van der Waals surface area contributed by atoms with Gasteiger partial charge < -0.3 is 5.32 Å². The Hall–Kier alpha value is -1.05. The standard InChI is InChI=1S/C11H16FN3O2S/c1-2-15(9-5-7-13-8-9)18(16,17)11-10(12)4-3-6-14-11/h3-4,6,9,13H,2,5,7-8H2,1H3. The molecule has 1 aliphatic heterocycles. The number of sulfonamides is 1. The summed E-state index contributed by atoms with van der Waals surface area (Å²) in [5.74, 6) is -0.804. The minimum absolute atomic E-state index is 0.124. The van der Waals surface area contributed by atoms with E-state index in [9.17, 15) is 12.8 Å². The van der Waals surface area contributed by atoms with E-state index in [1.807, 2.05) is 0 Å². The predicted molar refractivity (Wildman–Crippen MR) is 65.0 cm³/mol. The van der Waals surface area contributed by atoms with E-state index >= 15 is 0 Å². The molecule has 0 amide bonds. The summed E-state index contributed by atoms with van der Waals surface area (Å²) in [6.07, 6.45) is 2.03. The molecule has 1 unspecified atom stereocenters. The Morgan fingerprint density at radius 2 is 2.39 bits per heavy atom. The van der Waals surface area contributed by atoms with E-state index in [4.69, 9.17) is 0 Å². The van der Waals surface area contributed by atoms with Crippen LogP contribution in [0.4, 0.5) is 4.39 Å². The first kappa shape index (κ1) is 13.4. The van der Waals surface area contributed by atoms with Crippen molar-refractivity contribution in [2.75, 3.05) is 19.6 Å². The van der Waals surface area contributed by atoms with Gasteiger partial charge in [-0.05, 0) is 25.1 Å². The zero-order chi connectivity index (χ0) is 13.2. The van der Waals surface area contributed by atoms with Gasteiger partial charge in [-0.15, -0.1) is 0 Å². The highest BCUT2D eigenvalue weighted by molar-refractivity contribution is 7.89. The minimum atomic E-state index is -3.86. The monoisotopic (exact) mass is 273 g/mol. The van der Waals surface area contributed by atoms with Crippen molar-refractivity contribution in [3.8, 4) is 0 Å². The molecule has 1 aliphatic rings. The smallest absolute Gasteiger partial charge is 0.263 e. The lowest BCUT2D eigenvalue weighted by molar-refractivity contribution is 0.345. The zero-order valence-corrected chi connectivity index (χ0v) is 11.0. The van der Waals surface area contributed by atoms with E-state index in [0.29, 0.717) is 13.1 Å². The van der Waals surface area contributed by atoms with Gasteiger partial charge in [0.15, 0.2) is 5.82 Å². The van der Waals surface area contributed by atoms with Gasteiger partial charge in [-0.25, -0.2) is 17.8 Å². The Morgan fingerprint density at radius 3 is 2.94 bits per heavy atom. The van der Waals surface area contributed by atoms with E-state index < -0.39 is 20.9 Å². The van der Waals surface area contributed by atoms with Gasteiger partial charge in [-0.2, -0.15) is 4.31 Å². The molecule has 0 saturated carbocycles. The van der Waals surface area contributed by atoms with Gasteiger partial charge >= 0.3 is 0 Å². The van der Waals surface area contributed by atoms with Crippen molar-refractivity contribution in [2.24, 2.45) is 0 Å². The van der Waals surface area contributed by atoms with Gasteiger partial charge in [-0.3, -0.25) is 0 Å². The summed E-state index contributed by atoms with van der Waals surface area (Å²) in [5, 5.41) is 2.62. The predicted octanol–water partition coefficient (Wildman–Crippen LogP) is 0.593. The van der Waals surface area contributed by atoms with E-state index in [0.717, 1.165) is 19.0 Å². The SMILES string of the molecule is CCN(C1CCNC1)S(=O)(=O)c1ncccc1F. The summed E-state index contributed by atoms with van der Waals surface area (Å²) in [7, 11) is -3.86. The Morgan fingerprint density at radius 1 is 1.61 bits per heavy atom. The Labute approximate surface area is 106 Å². The van der Waals surface area contributed by atoms with Crippen LogP contribution >= 0.6 is 0 Å². The molecule has 0 aliphatic carbocycles. The van der Waals surface area contributed by atoms with Crippen LogP contribution in [0.3, 0.4) is 0 Å². The number of hydrogen-bond acceptors (Lipinski definition) is 4. The fraction of sp³-hybridized carbons (Fsp3) is 0.545. The Kier molecular flexibility index (Phi) is 3.94. The second-order valence-corrected chi connectivity index (χ2v) is 5.95. The molecule has 1 aromatic rings. The summed E-state index contributed by atoms with van der Waals surface area (Å²) >= 11 is 0. The van der Waals surface area contributed by atoms with E-state index in [-0.39, 0.29) is 6.04 Å². The van der Waals surface area contributed by atoms with E-state index in [1.165, 1.54) is 16.6 Å². The molecule has 100 valence electrons. The fourth-order valence-corrected chi connectivity index (χ4v) is 3.82. The average molecular weight is 273 g/mol. The molecule has 0 radical (unpaired) electrons. The molecular weight excluding hydrogens is 257 g/mol. The third-order valence-electron chi connectivity index (χ3n) is 3.03. The van der Waals surface area contributed by atoms with Crippen LogP contribution < -0.4 is 5.32 Å². The molecule has 1 N–H and O–H groups in total. The molecule has 18 heavy (non-hydrogen) atoms. The first-order valence-corrected chi connectivity index (χ1v) is 7.34. The summed E-state index contributed by atoms with van der Waals surface area (Å²) in [6, 6.07) is 2.36. The molecule has 1 atom stereocenters. The van der Waals surface area contributed by atoms with Gasteiger partial charge in [0.1, 0.15) is 0 Å². The van der Waals surface area contributed by atoms with Crippen LogP contribution in [0.15, 0.2) is 23.4 Å². The molecule has 0 bridgehead atoms. The summed E-state index contributed by atoms with van der Waals surface area (Å²) in [6.45, 7) is 3.43. The van der Waals surface area contributed by atoms with Crippen molar-refractivity contribution >= 4 is 10.0 Å². The maximum absolute atomic E-state index is 13.6. The summed E-state index contributed by atoms with van der Waals surface area (Å²) < 4.78 is 39.6. The third-order valence-corrected chi connectivity index (χ3v) is 4.99. The lowest BCUT2D eigenvalue weighted by Gasteiger charge is -2.25. The van der Waals surface area contributed by atoms with Crippen LogP contribution in [0.1, 0.15) is 13.3 Å². The first-order valence-electron chi connectivity index (χ1n) is 5.90. The van der Waals surface area contributed by atoms with Crippen LogP contribution in [0.25, 0.3) is 0 Å². The molecule has 2 heterocycles. The summed E-state index contributed by atoms with van der Waals surface area (Å²) in [4.78, 5) is 3.67. The Balaban J connectivity index is 2.37. The number of aromatic nitrogens is 1. The number of halogens is 1. The van der Waals surface area contributed by atoms with Crippen molar-refractivity contribution in [2.45, 2.75) is 24.4 Å². The molecule has 7 heteroatoms. The molecule has 2 rings (SSSR count). The van der Waals surface area contributed by atoms with Crippen LogP contribution in [0.2, 0.25) is 0 Å². The second kappa shape index (κ2) is 5.29. The molecule has 1 aromatic heterocycles. The largest absolute Gasteiger partial charge is 0.315 e. The average Bonchev–Trinajstić information content (AvgIpc) is 2.83. The quantitative estimate of drug-likeness (QED) is 0.872. The molecule has 0 aromatic carbocycles. The van der Waals surface area contributed by atoms with Crippen LogP contribution in [-0.2, 0) is 10.0 Å². The van der Waals surface area contributed by atoms with Crippen molar-refractivity contribution in [1.82, 2.24) is 14.6 Å². The van der Waals surface area contributed by atoms with Gasteiger partial charge in [0, 0.05) is 25.3 Å². The van der Waals surface area contributed by atoms with Gasteiger partial charge in [0.2, 0.25) is 5.03 Å². The molecule has 5 nitrogen and oxygen atoms in total. The van der Waals surface area contributed by atoms with E-state index in [2.05, 4.69) is 10.3 Å². The lowest BCUT2D eigenvalue weighted by Crippen LogP contribution is -2.41. The van der Waals surface area contributed by atoms with Gasteiger partial charge in [0.25, 0.3) is 10.0 Å². The van der Waals surface area contributed by atoms with Crippen LogP contribution in [-0.4, -0.2) is 43.4 Å². The first-order chi connectivity index (χ1) is 8.57. The number of rotatable bonds is 4. The number of nitrogens with zero attached hydrogens (tertiary/aromatic N) is 2. The molecule has 1 fully saturated rings. The molecule has 1 saturated heterocycles. The van der Waals surface area contributed by atoms with E-state index in [1.54, 1.807) is 6.92 Å². The topological polar surface area (TPSA) is 62.3 Å². The fourth-order valence-electron chi connectivity index (χ4n) is 2.18. The van der Waals surface area contributed by atoms with Crippen LogP contribution in [0, 0.1) is 5.82 Å². The zero-order valence-electron chi connectivity index (χ0n) is 10.1. The van der Waals surface area contributed by atoms with Crippen LogP contribution in [0.5, 0.6) is 0 Å². The third kappa shape index (κ3) is 2.38. The normalized spacial score (nSPS) is 20.5. The van der Waals surface area contributed by atoms with Crippen molar-refractivity contribution in [1.29, 1.82) is 0 Å². The number of hydrogen-bond donors (Lipinski definition) is 1. The molecule has 0 spiro atoms. The number of nitrogens with one attached hydrogen (secondary N) is 1. The minimum Gasteiger partial charge on any atom is -0.315 e. The van der Waals surface area contributed by atoms with Gasteiger partial charge in [0.05, 0.1) is 0 Å². The van der Waals surface area contributed by atoms with Crippen molar-refractivity contribution in [3.63, 3.8) is 0 Å². The lowest BCUT2D eigenvalue weighted by atomic mass is 10.3. The van der Waals surface area contributed by atoms with Crippen molar-refractivity contribution < 1.29 is 12.8 Å². The number of likely N-dealkylation sites (N-methyl/N-ethyl adjacent to an activating group) is 1. The maximum Gasteiger partial charge on any atom is 0.263 e. The molecular formula is C11H16FN3O2S. The number of pyridine rings is 1. The van der Waals surface area contributed by atoms with Crippen molar-refractivity contribution in [3.05, 3.63) is 24.1 Å². The van der Waals surface area contributed by atoms with Gasteiger partial charge in [-0.1, -0.05) is 6.92 Å². The highest BCUT2D eigenvalue weighted by Gasteiger charge is 2.34. The highest BCUT2D eigenvalue weighted by Crippen LogP contribution is 2.21. The second-order valence-electron chi connectivity index (χ2n) is 4.15. The maximum atomic E-state index is 13.6. The summed E-state index contributed by atoms with van der Waals surface area (Å²) in [5.41, 5.74) is 0. The highest BCUT2D eigenvalue weighted by atomic mass is 32.2. The Bertz CT molecular complexity index is 515.